The fraction of sp³-hybridized carbons (Fsp3) is 0.292. The first kappa shape index (κ1) is 19.8. The molecule has 0 radical (unpaired) electrons. The van der Waals surface area contributed by atoms with Gasteiger partial charge in [0.25, 0.3) is 5.91 Å². The van der Waals surface area contributed by atoms with E-state index in [0.717, 1.165) is 51.9 Å². The SMILES string of the molecule is CCc1ccc(C(=O)N2CCN(c3nc4c(s3)c(C)nn4-c3ccccc3)CC2)cc1. The van der Waals surface area contributed by atoms with E-state index in [-0.39, 0.29) is 5.91 Å². The smallest absolute Gasteiger partial charge is 0.253 e. The second-order valence-electron chi connectivity index (χ2n) is 7.81. The normalized spacial score (nSPS) is 14.4. The summed E-state index contributed by atoms with van der Waals surface area (Å²) in [5.41, 5.74) is 4.93. The Morgan fingerprint density at radius 1 is 1.00 bits per heavy atom. The molecular weight excluding hydrogens is 406 g/mol. The van der Waals surface area contributed by atoms with Crippen molar-refractivity contribution in [2.75, 3.05) is 31.1 Å². The summed E-state index contributed by atoms with van der Waals surface area (Å²) >= 11 is 1.68. The highest BCUT2D eigenvalue weighted by atomic mass is 32.1. The molecule has 4 aromatic rings. The van der Waals surface area contributed by atoms with Gasteiger partial charge in [-0.3, -0.25) is 4.79 Å². The van der Waals surface area contributed by atoms with Crippen molar-refractivity contribution in [3.05, 3.63) is 71.4 Å². The highest BCUT2D eigenvalue weighted by molar-refractivity contribution is 7.22. The number of piperazine rings is 1. The van der Waals surface area contributed by atoms with Gasteiger partial charge in [0.1, 0.15) is 0 Å². The number of benzene rings is 2. The second kappa shape index (κ2) is 8.15. The number of nitrogens with zero attached hydrogens (tertiary/aromatic N) is 5. The number of aryl methyl sites for hydroxylation is 2. The Hall–Kier alpha value is -3.19. The van der Waals surface area contributed by atoms with E-state index < -0.39 is 0 Å². The van der Waals surface area contributed by atoms with Crippen molar-refractivity contribution in [2.24, 2.45) is 0 Å². The number of fused-ring (bicyclic) bond motifs is 1. The fourth-order valence-corrected chi connectivity index (χ4v) is 5.01. The summed E-state index contributed by atoms with van der Waals surface area (Å²) in [6.07, 6.45) is 0.983. The molecule has 1 amide bonds. The van der Waals surface area contributed by atoms with Crippen molar-refractivity contribution in [1.29, 1.82) is 0 Å². The van der Waals surface area contributed by atoms with Crippen LogP contribution in [0.1, 0.15) is 28.5 Å². The van der Waals surface area contributed by atoms with Gasteiger partial charge >= 0.3 is 0 Å². The molecule has 1 fully saturated rings. The number of amides is 1. The van der Waals surface area contributed by atoms with Gasteiger partial charge in [-0.25, -0.2) is 4.68 Å². The average molecular weight is 432 g/mol. The minimum atomic E-state index is 0.113. The Labute approximate surface area is 185 Å². The van der Waals surface area contributed by atoms with Crippen molar-refractivity contribution < 1.29 is 4.79 Å². The Morgan fingerprint density at radius 2 is 1.71 bits per heavy atom. The van der Waals surface area contributed by atoms with Crippen LogP contribution >= 0.6 is 11.3 Å². The molecule has 0 spiro atoms. The van der Waals surface area contributed by atoms with Gasteiger partial charge in [-0.15, -0.1) is 0 Å². The number of thiazole rings is 1. The van der Waals surface area contributed by atoms with Crippen LogP contribution in [0, 0.1) is 6.92 Å². The van der Waals surface area contributed by atoms with Crippen molar-refractivity contribution >= 4 is 32.7 Å². The van der Waals surface area contributed by atoms with Crippen LogP contribution in [0.2, 0.25) is 0 Å². The lowest BCUT2D eigenvalue weighted by Crippen LogP contribution is -2.48. The largest absolute Gasteiger partial charge is 0.344 e. The number of carbonyl (C=O) groups is 1. The van der Waals surface area contributed by atoms with E-state index in [4.69, 9.17) is 4.98 Å². The molecule has 158 valence electrons. The predicted molar refractivity (Wildman–Crippen MR) is 125 cm³/mol. The van der Waals surface area contributed by atoms with E-state index in [1.54, 1.807) is 11.3 Å². The Kier molecular flexibility index (Phi) is 5.19. The summed E-state index contributed by atoms with van der Waals surface area (Å²) in [6.45, 7) is 7.13. The van der Waals surface area contributed by atoms with Crippen LogP contribution in [-0.2, 0) is 6.42 Å². The lowest BCUT2D eigenvalue weighted by Gasteiger charge is -2.34. The monoisotopic (exact) mass is 431 g/mol. The minimum Gasteiger partial charge on any atom is -0.344 e. The molecular formula is C24H25N5OS. The number of hydrogen-bond acceptors (Lipinski definition) is 5. The van der Waals surface area contributed by atoms with Crippen LogP contribution in [0.4, 0.5) is 5.13 Å². The molecule has 6 nitrogen and oxygen atoms in total. The number of anilines is 1. The fourth-order valence-electron chi connectivity index (χ4n) is 3.97. The zero-order valence-corrected chi connectivity index (χ0v) is 18.6. The summed E-state index contributed by atoms with van der Waals surface area (Å²) in [6, 6.07) is 18.1. The highest BCUT2D eigenvalue weighted by Crippen LogP contribution is 2.33. The molecule has 2 aromatic heterocycles. The first-order chi connectivity index (χ1) is 15.1. The first-order valence-electron chi connectivity index (χ1n) is 10.7. The van der Waals surface area contributed by atoms with Gasteiger partial charge in [-0.1, -0.05) is 48.6 Å². The summed E-state index contributed by atoms with van der Waals surface area (Å²) in [7, 11) is 0. The van der Waals surface area contributed by atoms with E-state index >= 15 is 0 Å². The summed E-state index contributed by atoms with van der Waals surface area (Å²) in [5, 5.41) is 5.68. The molecule has 0 N–H and O–H groups in total. The molecule has 0 unspecified atom stereocenters. The summed E-state index contributed by atoms with van der Waals surface area (Å²) in [5.74, 6) is 0.113. The zero-order valence-electron chi connectivity index (χ0n) is 17.8. The van der Waals surface area contributed by atoms with Crippen molar-refractivity contribution in [3.8, 4) is 5.69 Å². The van der Waals surface area contributed by atoms with Crippen molar-refractivity contribution in [3.63, 3.8) is 0 Å². The van der Waals surface area contributed by atoms with Crippen LogP contribution < -0.4 is 4.90 Å². The standard InChI is InChI=1S/C24H25N5OS/c1-3-18-9-11-19(12-10-18)23(30)27-13-15-28(16-14-27)24-25-22-21(31-24)17(2)26-29(22)20-7-5-4-6-8-20/h4-12H,3,13-16H2,1-2H3. The highest BCUT2D eigenvalue weighted by Gasteiger charge is 2.25. The van der Waals surface area contributed by atoms with E-state index in [0.29, 0.717) is 13.1 Å². The van der Waals surface area contributed by atoms with Crippen molar-refractivity contribution in [2.45, 2.75) is 20.3 Å². The quantitative estimate of drug-likeness (QED) is 0.483. The zero-order chi connectivity index (χ0) is 21.4. The molecule has 7 heteroatoms. The average Bonchev–Trinajstić information content (AvgIpc) is 3.40. The van der Waals surface area contributed by atoms with Gasteiger partial charge in [0.15, 0.2) is 10.8 Å². The van der Waals surface area contributed by atoms with Gasteiger partial charge < -0.3 is 9.80 Å². The van der Waals surface area contributed by atoms with E-state index in [9.17, 15) is 4.79 Å². The maximum absolute atomic E-state index is 12.9. The van der Waals surface area contributed by atoms with Gasteiger partial charge in [0.05, 0.1) is 16.1 Å². The number of hydrogen-bond donors (Lipinski definition) is 0. The molecule has 1 aliphatic heterocycles. The predicted octanol–water partition coefficient (Wildman–Crippen LogP) is 4.32. The molecule has 3 heterocycles. The number of aromatic nitrogens is 3. The first-order valence-corrected chi connectivity index (χ1v) is 11.5. The summed E-state index contributed by atoms with van der Waals surface area (Å²) in [4.78, 5) is 22.0. The number of para-hydroxylation sites is 1. The van der Waals surface area contributed by atoms with Crippen LogP contribution in [0.15, 0.2) is 54.6 Å². The molecule has 5 rings (SSSR count). The molecule has 0 saturated carbocycles. The molecule has 2 aromatic carbocycles. The van der Waals surface area contributed by atoms with Gasteiger partial charge in [0, 0.05) is 31.7 Å². The topological polar surface area (TPSA) is 54.3 Å². The Bertz CT molecular complexity index is 1200. The maximum atomic E-state index is 12.9. The van der Waals surface area contributed by atoms with Crippen molar-refractivity contribution in [1.82, 2.24) is 19.7 Å². The molecule has 0 aliphatic carbocycles. The second-order valence-corrected chi connectivity index (χ2v) is 8.79. The molecule has 31 heavy (non-hydrogen) atoms. The third kappa shape index (κ3) is 3.70. The third-order valence-electron chi connectivity index (χ3n) is 5.82. The maximum Gasteiger partial charge on any atom is 0.253 e. The molecule has 0 atom stereocenters. The third-order valence-corrected chi connectivity index (χ3v) is 7.04. The number of rotatable bonds is 4. The Morgan fingerprint density at radius 3 is 2.39 bits per heavy atom. The van der Waals surface area contributed by atoms with Crippen LogP contribution in [-0.4, -0.2) is 51.8 Å². The van der Waals surface area contributed by atoms with E-state index in [1.807, 2.05) is 71.1 Å². The van der Waals surface area contributed by atoms with Crippen LogP contribution in [0.3, 0.4) is 0 Å². The molecule has 0 bridgehead atoms. The van der Waals surface area contributed by atoms with Gasteiger partial charge in [-0.05, 0) is 43.2 Å². The molecule has 1 aliphatic rings. The lowest BCUT2D eigenvalue weighted by molar-refractivity contribution is 0.0747. The lowest BCUT2D eigenvalue weighted by atomic mass is 10.1. The van der Waals surface area contributed by atoms with Crippen LogP contribution in [0.25, 0.3) is 16.0 Å². The molecule has 1 saturated heterocycles. The minimum absolute atomic E-state index is 0.113. The number of carbonyl (C=O) groups excluding carboxylic acids is 1. The Balaban J connectivity index is 1.32. The van der Waals surface area contributed by atoms with Gasteiger partial charge in [-0.2, -0.15) is 10.1 Å². The van der Waals surface area contributed by atoms with Gasteiger partial charge in [0.2, 0.25) is 0 Å². The van der Waals surface area contributed by atoms with E-state index in [1.165, 1.54) is 5.56 Å². The summed E-state index contributed by atoms with van der Waals surface area (Å²) < 4.78 is 3.04. The van der Waals surface area contributed by atoms with Crippen LogP contribution in [0.5, 0.6) is 0 Å². The van der Waals surface area contributed by atoms with E-state index in [2.05, 4.69) is 16.9 Å².